The number of esters is 2. The summed E-state index contributed by atoms with van der Waals surface area (Å²) < 4.78 is 70.9. The van der Waals surface area contributed by atoms with Gasteiger partial charge in [-0.3, -0.25) is 14.1 Å². The molecule has 3 rings (SSSR count). The Kier molecular flexibility index (Phi) is 8.86. The summed E-state index contributed by atoms with van der Waals surface area (Å²) in [6, 6.07) is 3.49. The van der Waals surface area contributed by atoms with E-state index in [0.717, 1.165) is 11.4 Å². The third kappa shape index (κ3) is 5.84. The van der Waals surface area contributed by atoms with Crippen LogP contribution < -0.4 is 4.74 Å². The highest BCUT2D eigenvalue weighted by Crippen LogP contribution is 2.48. The first kappa shape index (κ1) is 27.9. The van der Waals surface area contributed by atoms with Gasteiger partial charge in [-0.25, -0.2) is 0 Å². The van der Waals surface area contributed by atoms with Crippen LogP contribution in [0.15, 0.2) is 25.6 Å². The molecule has 0 saturated heterocycles. The summed E-state index contributed by atoms with van der Waals surface area (Å²) in [5, 5.41) is -4.62. The molecule has 0 amide bonds. The Labute approximate surface area is 221 Å². The summed E-state index contributed by atoms with van der Waals surface area (Å²) in [5.74, 6) is -2.75. The second-order valence-electron chi connectivity index (χ2n) is 8.64. The SMILES string of the molecule is CC(OC(=O)C1CCCC2C(C(=O)Oc3c(Br)cc(Br)cc3Br)CCCC12)C(F)(F)S(=O)(=O)O. The van der Waals surface area contributed by atoms with Gasteiger partial charge in [0.1, 0.15) is 0 Å². The van der Waals surface area contributed by atoms with Gasteiger partial charge in [0.05, 0.1) is 20.8 Å². The van der Waals surface area contributed by atoms with Crippen molar-refractivity contribution in [2.24, 2.45) is 23.7 Å². The average Bonchev–Trinajstić information content (AvgIpc) is 2.74. The summed E-state index contributed by atoms with van der Waals surface area (Å²) in [6.45, 7) is 0.723. The molecule has 0 bridgehead atoms. The van der Waals surface area contributed by atoms with Gasteiger partial charge in [-0.2, -0.15) is 17.2 Å². The van der Waals surface area contributed by atoms with Gasteiger partial charge in [-0.1, -0.05) is 28.8 Å². The summed E-state index contributed by atoms with van der Waals surface area (Å²) in [4.78, 5) is 25.9. The number of fused-ring (bicyclic) bond motifs is 1. The summed E-state index contributed by atoms with van der Waals surface area (Å²) in [5.41, 5.74) is 0. The van der Waals surface area contributed by atoms with E-state index in [4.69, 9.17) is 14.0 Å². The van der Waals surface area contributed by atoms with E-state index in [1.54, 1.807) is 12.1 Å². The van der Waals surface area contributed by atoms with E-state index in [9.17, 15) is 26.8 Å². The largest absolute Gasteiger partial charge is 0.455 e. The molecule has 13 heteroatoms. The quantitative estimate of drug-likeness (QED) is 0.217. The fraction of sp³-hybridized carbons (Fsp3) is 0.619. The fourth-order valence-corrected chi connectivity index (χ4v) is 7.82. The number of ether oxygens (including phenoxy) is 2. The van der Waals surface area contributed by atoms with E-state index in [1.807, 2.05) is 0 Å². The summed E-state index contributed by atoms with van der Waals surface area (Å²) in [7, 11) is -5.74. The van der Waals surface area contributed by atoms with Crippen molar-refractivity contribution < 1.29 is 40.8 Å². The molecule has 0 radical (unpaired) electrons. The molecule has 0 heterocycles. The fourth-order valence-electron chi connectivity index (χ4n) is 4.93. The van der Waals surface area contributed by atoms with Gasteiger partial charge in [-0.05, 0) is 88.4 Å². The Balaban J connectivity index is 1.74. The molecule has 5 unspecified atom stereocenters. The molecule has 0 aliphatic heterocycles. The second-order valence-corrected chi connectivity index (χ2v) is 12.8. The van der Waals surface area contributed by atoms with E-state index < -0.39 is 45.3 Å². The van der Waals surface area contributed by atoms with Gasteiger partial charge >= 0.3 is 27.3 Å². The molecule has 34 heavy (non-hydrogen) atoms. The van der Waals surface area contributed by atoms with Crippen molar-refractivity contribution in [2.75, 3.05) is 0 Å². The van der Waals surface area contributed by atoms with Crippen LogP contribution in [0.5, 0.6) is 5.75 Å². The Hall–Kier alpha value is -0.630. The van der Waals surface area contributed by atoms with Crippen molar-refractivity contribution in [3.63, 3.8) is 0 Å². The van der Waals surface area contributed by atoms with Crippen LogP contribution in [0.2, 0.25) is 0 Å². The van der Waals surface area contributed by atoms with Crippen molar-refractivity contribution >= 4 is 69.8 Å². The number of hydrogen-bond acceptors (Lipinski definition) is 6. The van der Waals surface area contributed by atoms with Crippen LogP contribution in [0.1, 0.15) is 45.4 Å². The zero-order chi connectivity index (χ0) is 25.4. The number of halogens is 5. The van der Waals surface area contributed by atoms with Crippen molar-refractivity contribution in [3.8, 4) is 5.75 Å². The van der Waals surface area contributed by atoms with Crippen LogP contribution in [0.3, 0.4) is 0 Å². The highest BCUT2D eigenvalue weighted by atomic mass is 79.9. The predicted molar refractivity (Wildman–Crippen MR) is 129 cm³/mol. The summed E-state index contributed by atoms with van der Waals surface area (Å²) in [6.07, 6.45) is 1.12. The molecule has 2 aliphatic carbocycles. The van der Waals surface area contributed by atoms with Gasteiger partial charge in [0.2, 0.25) is 0 Å². The Morgan fingerprint density at radius 3 is 1.94 bits per heavy atom. The maximum atomic E-state index is 13.9. The molecule has 0 aromatic heterocycles. The number of alkyl halides is 2. The molecule has 7 nitrogen and oxygen atoms in total. The Morgan fingerprint density at radius 2 is 1.47 bits per heavy atom. The van der Waals surface area contributed by atoms with Crippen molar-refractivity contribution in [2.45, 2.75) is 56.8 Å². The standard InChI is InChI=1S/C21H23Br3F2O7S/c1-10(21(25,26)34(29,30)31)32-19(27)14-6-2-5-13-12(14)4-3-7-15(13)20(28)33-18-16(23)8-11(22)9-17(18)24/h8-10,12-15H,2-7H2,1H3,(H,29,30,31). The molecular weight excluding hydrogens is 674 g/mol. The maximum Gasteiger partial charge on any atom is 0.405 e. The van der Waals surface area contributed by atoms with E-state index in [-0.39, 0.29) is 11.8 Å². The van der Waals surface area contributed by atoms with Crippen LogP contribution in [0.25, 0.3) is 0 Å². The Bertz CT molecular complexity index is 1040. The highest BCUT2D eigenvalue weighted by molar-refractivity contribution is 9.11. The summed E-state index contributed by atoms with van der Waals surface area (Å²) >= 11 is 10.1. The number of benzene rings is 1. The highest BCUT2D eigenvalue weighted by Gasteiger charge is 2.53. The second kappa shape index (κ2) is 10.8. The monoisotopic (exact) mass is 694 g/mol. The van der Waals surface area contributed by atoms with Gasteiger partial charge < -0.3 is 9.47 Å². The van der Waals surface area contributed by atoms with Crippen LogP contribution in [-0.2, 0) is 24.4 Å². The van der Waals surface area contributed by atoms with Crippen molar-refractivity contribution in [3.05, 3.63) is 25.6 Å². The first-order valence-corrected chi connectivity index (χ1v) is 14.5. The van der Waals surface area contributed by atoms with Gasteiger partial charge in [0, 0.05) is 4.47 Å². The number of carbonyl (C=O) groups is 2. The van der Waals surface area contributed by atoms with E-state index >= 15 is 0 Å². The average molecular weight is 697 g/mol. The van der Waals surface area contributed by atoms with E-state index in [1.165, 1.54) is 0 Å². The van der Waals surface area contributed by atoms with Crippen molar-refractivity contribution in [1.82, 2.24) is 0 Å². The number of rotatable bonds is 6. The van der Waals surface area contributed by atoms with E-state index in [2.05, 4.69) is 47.8 Å². The molecule has 2 fully saturated rings. The first-order valence-electron chi connectivity index (χ1n) is 10.7. The lowest BCUT2D eigenvalue weighted by Crippen LogP contribution is -2.46. The van der Waals surface area contributed by atoms with Gasteiger partial charge in [0.25, 0.3) is 0 Å². The lowest BCUT2D eigenvalue weighted by molar-refractivity contribution is -0.171. The maximum absolute atomic E-state index is 13.9. The van der Waals surface area contributed by atoms with E-state index in [0.29, 0.717) is 53.2 Å². The Morgan fingerprint density at radius 1 is 1.00 bits per heavy atom. The minimum Gasteiger partial charge on any atom is -0.455 e. The van der Waals surface area contributed by atoms with Gasteiger partial charge in [-0.15, -0.1) is 0 Å². The third-order valence-corrected chi connectivity index (χ3v) is 9.23. The minimum absolute atomic E-state index is 0.196. The minimum atomic E-state index is -5.74. The molecular formula is C21H23Br3F2O7S. The first-order chi connectivity index (χ1) is 15.7. The smallest absolute Gasteiger partial charge is 0.405 e. The molecule has 1 aromatic carbocycles. The predicted octanol–water partition coefficient (Wildman–Crippen LogP) is 6.12. The van der Waals surface area contributed by atoms with Crippen LogP contribution in [0, 0.1) is 23.7 Å². The van der Waals surface area contributed by atoms with Crippen molar-refractivity contribution in [1.29, 1.82) is 0 Å². The molecule has 2 aliphatic rings. The molecule has 1 aromatic rings. The molecule has 5 atom stereocenters. The topological polar surface area (TPSA) is 107 Å². The lowest BCUT2D eigenvalue weighted by Gasteiger charge is -2.43. The lowest BCUT2D eigenvalue weighted by atomic mass is 9.61. The normalized spacial score (nSPS) is 26.3. The van der Waals surface area contributed by atoms with Crippen LogP contribution in [-0.4, -0.2) is 36.3 Å². The van der Waals surface area contributed by atoms with Crippen LogP contribution in [0.4, 0.5) is 8.78 Å². The zero-order valence-corrected chi connectivity index (χ0v) is 23.6. The molecule has 2 saturated carbocycles. The molecule has 0 spiro atoms. The van der Waals surface area contributed by atoms with Gasteiger partial charge in [0.15, 0.2) is 11.9 Å². The molecule has 190 valence electrons. The number of carbonyl (C=O) groups excluding carboxylic acids is 2. The third-order valence-electron chi connectivity index (χ3n) is 6.57. The zero-order valence-electron chi connectivity index (χ0n) is 18.0. The van der Waals surface area contributed by atoms with Crippen LogP contribution >= 0.6 is 47.8 Å². The number of hydrogen-bond donors (Lipinski definition) is 1. The molecule has 1 N–H and O–H groups in total.